The van der Waals surface area contributed by atoms with Gasteiger partial charge in [0.05, 0.1) is 29.5 Å². The molecule has 2 heterocycles. The van der Waals surface area contributed by atoms with Crippen LogP contribution in [0, 0.1) is 28.6 Å². The lowest BCUT2D eigenvalue weighted by molar-refractivity contribution is -0.282. The Labute approximate surface area is 245 Å². The van der Waals surface area contributed by atoms with Crippen LogP contribution in [0.1, 0.15) is 78.1 Å². The number of nitrogens with two attached hydrogens (primary N) is 1. The number of ether oxygens (including phenoxy) is 3. The monoisotopic (exact) mass is 591 g/mol. The molecule has 4 aliphatic carbocycles. The van der Waals surface area contributed by atoms with Crippen molar-refractivity contribution in [3.8, 4) is 0 Å². The SMILES string of the molecule is C[C@@H]1O[C@H](O[C@H]2CC[C@]3(/C=N\NC(N)=O)[C@H]4CC[C@]5(C)[C@@H](C6=CC(=O)OC6)CC[C@]5(O)[C@@H]4CC[C@]3(O)C2)C[C@H](O)[C@@H]1O. The Morgan fingerprint density at radius 3 is 2.60 bits per heavy atom. The van der Waals surface area contributed by atoms with Crippen LogP contribution < -0.4 is 11.2 Å². The molecule has 12 heteroatoms. The maximum Gasteiger partial charge on any atom is 0.332 e. The number of hydrazone groups is 1. The fraction of sp³-hybridized carbons (Fsp3) is 0.833. The van der Waals surface area contributed by atoms with E-state index in [1.165, 1.54) is 0 Å². The zero-order chi connectivity index (χ0) is 30.1. The minimum atomic E-state index is -1.23. The standard InChI is InChI=1S/C30H45N3O9/c1-16-25(36)22(34)12-24(41-16)42-18-3-8-28(15-32-33-26(31)37)20-4-7-27(2)19(17-11-23(35)40-14-17)6-10-30(27,39)21(20)5-9-29(28,38)13-18/h11,15-16,18-22,24-25,34,36,38-39H,3-10,12-14H2,1-2H3,(H3,31,33,37)/b32-15-/t16-,18-,19+,20-,21+,22-,24+,25+,27+,28-,29-,30-/m0/s1. The number of esters is 1. The van der Waals surface area contributed by atoms with Gasteiger partial charge in [-0.05, 0) is 81.6 Å². The average Bonchev–Trinajstić information content (AvgIpc) is 3.46. The van der Waals surface area contributed by atoms with Crippen LogP contribution >= 0.6 is 0 Å². The van der Waals surface area contributed by atoms with Gasteiger partial charge in [-0.25, -0.2) is 15.0 Å². The third-order valence-electron chi connectivity index (χ3n) is 12.1. The minimum absolute atomic E-state index is 0.0488. The number of nitrogens with zero attached hydrogens (tertiary/aromatic N) is 1. The van der Waals surface area contributed by atoms with Crippen molar-refractivity contribution in [3.63, 3.8) is 0 Å². The molecule has 12 nitrogen and oxygen atoms in total. The molecule has 1 saturated heterocycles. The molecule has 4 saturated carbocycles. The van der Waals surface area contributed by atoms with E-state index < -0.39 is 52.7 Å². The predicted octanol–water partition coefficient (Wildman–Crippen LogP) is 1.23. The smallest absolute Gasteiger partial charge is 0.332 e. The zero-order valence-electron chi connectivity index (χ0n) is 24.4. The first kappa shape index (κ1) is 30.0. The van der Waals surface area contributed by atoms with E-state index in [1.54, 1.807) is 19.2 Å². The number of carbonyl (C=O) groups is 2. The van der Waals surface area contributed by atoms with E-state index in [0.717, 1.165) is 18.4 Å². The molecule has 6 rings (SSSR count). The van der Waals surface area contributed by atoms with E-state index >= 15 is 0 Å². The fourth-order valence-corrected chi connectivity index (χ4v) is 10.00. The first-order valence-electron chi connectivity index (χ1n) is 15.4. The van der Waals surface area contributed by atoms with Gasteiger partial charge in [0.2, 0.25) is 0 Å². The summed E-state index contributed by atoms with van der Waals surface area (Å²) in [6.45, 7) is 4.11. The van der Waals surface area contributed by atoms with Gasteiger partial charge in [0, 0.05) is 36.0 Å². The molecule has 0 bridgehead atoms. The van der Waals surface area contributed by atoms with Gasteiger partial charge in [-0.3, -0.25) is 0 Å². The van der Waals surface area contributed by atoms with Gasteiger partial charge in [0.1, 0.15) is 12.7 Å². The second-order valence-corrected chi connectivity index (χ2v) is 13.9. The summed E-state index contributed by atoms with van der Waals surface area (Å²) in [6.07, 6.45) is 5.06. The summed E-state index contributed by atoms with van der Waals surface area (Å²) < 4.78 is 17.3. The highest BCUT2D eigenvalue weighted by Gasteiger charge is 2.71. The van der Waals surface area contributed by atoms with Crippen molar-refractivity contribution < 1.29 is 44.2 Å². The number of hydrogen-bond acceptors (Lipinski definition) is 10. The number of fused-ring (bicyclic) bond motifs is 5. The topological polar surface area (TPSA) is 193 Å². The van der Waals surface area contributed by atoms with Crippen molar-refractivity contribution in [2.24, 2.45) is 39.4 Å². The number of urea groups is 1. The van der Waals surface area contributed by atoms with Gasteiger partial charge >= 0.3 is 12.0 Å². The Morgan fingerprint density at radius 1 is 1.14 bits per heavy atom. The highest BCUT2D eigenvalue weighted by atomic mass is 16.7. The maximum atomic E-state index is 12.5. The lowest BCUT2D eigenvalue weighted by atomic mass is 9.41. The Balaban J connectivity index is 1.27. The molecule has 5 fully saturated rings. The van der Waals surface area contributed by atoms with Crippen molar-refractivity contribution in [2.45, 2.75) is 120 Å². The van der Waals surface area contributed by atoms with Gasteiger partial charge in [-0.1, -0.05) is 6.92 Å². The molecule has 2 aliphatic heterocycles. The Bertz CT molecular complexity index is 1150. The number of cyclic esters (lactones) is 1. The average molecular weight is 592 g/mol. The van der Waals surface area contributed by atoms with Gasteiger partial charge < -0.3 is 40.4 Å². The quantitative estimate of drug-likeness (QED) is 0.118. The van der Waals surface area contributed by atoms with Crippen LogP contribution in [0.4, 0.5) is 4.79 Å². The van der Waals surface area contributed by atoms with E-state index in [2.05, 4.69) is 17.5 Å². The first-order valence-corrected chi connectivity index (χ1v) is 15.4. The van der Waals surface area contributed by atoms with Crippen LogP contribution in [0.2, 0.25) is 0 Å². The third kappa shape index (κ3) is 4.52. The number of aliphatic hydroxyl groups is 4. The molecule has 0 radical (unpaired) electrons. The minimum Gasteiger partial charge on any atom is -0.458 e. The molecule has 7 N–H and O–H groups in total. The second kappa shape index (κ2) is 10.5. The van der Waals surface area contributed by atoms with Gasteiger partial charge in [0.15, 0.2) is 6.29 Å². The molecule has 0 unspecified atom stereocenters. The summed E-state index contributed by atoms with van der Waals surface area (Å²) in [6, 6.07) is -0.796. The summed E-state index contributed by atoms with van der Waals surface area (Å²) in [4.78, 5) is 23.4. The lowest BCUT2D eigenvalue weighted by Gasteiger charge is -2.66. The van der Waals surface area contributed by atoms with Crippen molar-refractivity contribution in [3.05, 3.63) is 11.6 Å². The third-order valence-corrected chi connectivity index (χ3v) is 12.1. The molecule has 2 amide bonds. The van der Waals surface area contributed by atoms with E-state index in [9.17, 15) is 30.0 Å². The number of amides is 2. The van der Waals surface area contributed by atoms with Crippen LogP contribution in [0.25, 0.3) is 0 Å². The maximum absolute atomic E-state index is 12.5. The summed E-state index contributed by atoms with van der Waals surface area (Å²) in [7, 11) is 0. The van der Waals surface area contributed by atoms with E-state index in [4.69, 9.17) is 19.9 Å². The van der Waals surface area contributed by atoms with Crippen LogP contribution in [-0.2, 0) is 19.0 Å². The van der Waals surface area contributed by atoms with Crippen LogP contribution in [0.3, 0.4) is 0 Å². The molecular formula is C30H45N3O9. The summed E-state index contributed by atoms with van der Waals surface area (Å²) in [5.41, 5.74) is 5.09. The highest BCUT2D eigenvalue weighted by Crippen LogP contribution is 2.70. The molecule has 6 aliphatic rings. The first-order chi connectivity index (χ1) is 19.8. The van der Waals surface area contributed by atoms with Crippen LogP contribution in [0.5, 0.6) is 0 Å². The molecule has 12 atom stereocenters. The molecule has 0 aromatic heterocycles. The molecule has 0 aromatic carbocycles. The van der Waals surface area contributed by atoms with Gasteiger partial charge in [-0.2, -0.15) is 5.10 Å². The Hall–Kier alpha value is -2.09. The van der Waals surface area contributed by atoms with Crippen molar-refractivity contribution in [1.29, 1.82) is 0 Å². The van der Waals surface area contributed by atoms with Crippen molar-refractivity contribution in [1.82, 2.24) is 5.43 Å². The Morgan fingerprint density at radius 2 is 1.90 bits per heavy atom. The van der Waals surface area contributed by atoms with Crippen molar-refractivity contribution in [2.75, 3.05) is 6.61 Å². The van der Waals surface area contributed by atoms with Gasteiger partial charge in [0.25, 0.3) is 0 Å². The lowest BCUT2D eigenvalue weighted by Crippen LogP contribution is -2.69. The molecule has 42 heavy (non-hydrogen) atoms. The molecule has 0 spiro atoms. The van der Waals surface area contributed by atoms with E-state index in [0.29, 0.717) is 44.9 Å². The largest absolute Gasteiger partial charge is 0.458 e. The number of rotatable bonds is 5. The summed E-state index contributed by atoms with van der Waals surface area (Å²) in [5.74, 6) is -0.495. The zero-order valence-corrected chi connectivity index (χ0v) is 24.4. The number of aliphatic hydroxyl groups excluding tert-OH is 2. The number of carbonyl (C=O) groups excluding carboxylic acids is 2. The summed E-state index contributed by atoms with van der Waals surface area (Å²) in [5, 5.41) is 49.5. The Kier molecular flexibility index (Phi) is 7.50. The summed E-state index contributed by atoms with van der Waals surface area (Å²) >= 11 is 0. The number of hydrogen-bond donors (Lipinski definition) is 6. The van der Waals surface area contributed by atoms with Gasteiger partial charge in [-0.15, -0.1) is 0 Å². The molecule has 0 aromatic rings. The predicted molar refractivity (Wildman–Crippen MR) is 149 cm³/mol. The number of primary amides is 1. The van der Waals surface area contributed by atoms with Crippen molar-refractivity contribution >= 4 is 18.2 Å². The van der Waals surface area contributed by atoms with E-state index in [-0.39, 0.29) is 42.9 Å². The molecular weight excluding hydrogens is 546 g/mol. The second-order valence-electron chi connectivity index (χ2n) is 13.9. The van der Waals surface area contributed by atoms with Crippen LogP contribution in [-0.4, -0.2) is 87.2 Å². The highest BCUT2D eigenvalue weighted by molar-refractivity contribution is 5.85. The normalized spacial score (nSPS) is 50.4. The fourth-order valence-electron chi connectivity index (χ4n) is 10.00. The molecule has 234 valence electrons. The van der Waals surface area contributed by atoms with E-state index in [1.807, 2.05) is 0 Å². The van der Waals surface area contributed by atoms with Crippen LogP contribution in [0.15, 0.2) is 16.8 Å². The number of nitrogens with one attached hydrogen (secondary N) is 1.